The maximum absolute atomic E-state index is 4.29. The first-order chi connectivity index (χ1) is 5.84. The van der Waals surface area contributed by atoms with E-state index in [9.17, 15) is 0 Å². The highest BCUT2D eigenvalue weighted by Gasteiger charge is 2.21. The number of pyridine rings is 1. The van der Waals surface area contributed by atoms with Gasteiger partial charge in [-0.05, 0) is 46.8 Å². The van der Waals surface area contributed by atoms with Crippen LogP contribution < -0.4 is 0 Å². The molecular weight excluding hydrogens is 234 g/mol. The van der Waals surface area contributed by atoms with Crippen molar-refractivity contribution in [1.29, 1.82) is 0 Å². The molecule has 1 aliphatic rings. The topological polar surface area (TPSA) is 12.9 Å². The van der Waals surface area contributed by atoms with Gasteiger partial charge in [-0.1, -0.05) is 0 Å². The van der Waals surface area contributed by atoms with E-state index < -0.39 is 0 Å². The van der Waals surface area contributed by atoms with Gasteiger partial charge >= 0.3 is 0 Å². The molecule has 0 saturated heterocycles. The lowest BCUT2D eigenvalue weighted by molar-refractivity contribution is 0.993. The molecule has 0 aliphatic heterocycles. The Hall–Kier alpha value is -0.0200. The number of thioether (sulfide) groups is 1. The molecule has 0 bridgehead atoms. The zero-order valence-electron chi connectivity index (χ0n) is 6.66. The molecule has 0 atom stereocenters. The summed E-state index contributed by atoms with van der Waals surface area (Å²) < 4.78 is 1.05. The fraction of sp³-hybridized carbons (Fsp3) is 0.444. The Kier molecular flexibility index (Phi) is 2.71. The first-order valence-electron chi connectivity index (χ1n) is 4.09. The molecule has 1 heterocycles. The molecular formula is C9H10BrNS. The number of hydrogen-bond donors (Lipinski definition) is 0. The SMILES string of the molecule is Brc1ccc(SCC2CC2)nc1. The molecule has 0 N–H and O–H groups in total. The normalized spacial score (nSPS) is 16.4. The van der Waals surface area contributed by atoms with E-state index in [0.717, 1.165) is 15.4 Å². The third-order valence-electron chi connectivity index (χ3n) is 1.86. The third-order valence-corrected chi connectivity index (χ3v) is 3.51. The number of aromatic nitrogens is 1. The lowest BCUT2D eigenvalue weighted by Crippen LogP contribution is -1.83. The van der Waals surface area contributed by atoms with Crippen molar-refractivity contribution in [3.8, 4) is 0 Å². The van der Waals surface area contributed by atoms with E-state index in [4.69, 9.17) is 0 Å². The second-order valence-electron chi connectivity index (χ2n) is 3.07. The van der Waals surface area contributed by atoms with Crippen LogP contribution in [0.3, 0.4) is 0 Å². The highest BCUT2D eigenvalue weighted by molar-refractivity contribution is 9.10. The summed E-state index contributed by atoms with van der Waals surface area (Å²) >= 11 is 5.23. The van der Waals surface area contributed by atoms with E-state index in [0.29, 0.717) is 0 Å². The van der Waals surface area contributed by atoms with Gasteiger partial charge in [0.2, 0.25) is 0 Å². The summed E-state index contributed by atoms with van der Waals surface area (Å²) in [6.07, 6.45) is 4.70. The Morgan fingerprint density at radius 2 is 2.33 bits per heavy atom. The van der Waals surface area contributed by atoms with Crippen molar-refractivity contribution in [2.45, 2.75) is 17.9 Å². The molecule has 1 nitrogen and oxygen atoms in total. The van der Waals surface area contributed by atoms with Crippen LogP contribution in [0, 0.1) is 5.92 Å². The lowest BCUT2D eigenvalue weighted by atomic mass is 10.5. The molecule has 12 heavy (non-hydrogen) atoms. The molecule has 0 unspecified atom stereocenters. The zero-order valence-corrected chi connectivity index (χ0v) is 9.07. The molecule has 1 saturated carbocycles. The van der Waals surface area contributed by atoms with Crippen LogP contribution in [0.15, 0.2) is 27.8 Å². The van der Waals surface area contributed by atoms with Crippen molar-refractivity contribution < 1.29 is 0 Å². The van der Waals surface area contributed by atoms with Gasteiger partial charge in [-0.2, -0.15) is 0 Å². The molecule has 0 radical (unpaired) electrons. The predicted octanol–water partition coefficient (Wildman–Crippen LogP) is 3.35. The van der Waals surface area contributed by atoms with Crippen molar-refractivity contribution in [1.82, 2.24) is 4.98 Å². The molecule has 64 valence electrons. The zero-order chi connectivity index (χ0) is 8.39. The quantitative estimate of drug-likeness (QED) is 0.756. The van der Waals surface area contributed by atoms with Gasteiger partial charge in [-0.3, -0.25) is 0 Å². The Morgan fingerprint density at radius 3 is 2.92 bits per heavy atom. The molecule has 0 amide bonds. The van der Waals surface area contributed by atoms with Gasteiger partial charge in [0, 0.05) is 16.4 Å². The second kappa shape index (κ2) is 3.79. The van der Waals surface area contributed by atoms with Gasteiger partial charge in [0.05, 0.1) is 5.03 Å². The minimum atomic E-state index is 0.973. The Morgan fingerprint density at radius 1 is 1.50 bits per heavy atom. The monoisotopic (exact) mass is 243 g/mol. The third kappa shape index (κ3) is 2.49. The van der Waals surface area contributed by atoms with Gasteiger partial charge in [0.15, 0.2) is 0 Å². The van der Waals surface area contributed by atoms with E-state index in [-0.39, 0.29) is 0 Å². The van der Waals surface area contributed by atoms with E-state index in [1.807, 2.05) is 24.0 Å². The number of rotatable bonds is 3. The number of halogens is 1. The molecule has 1 aromatic heterocycles. The van der Waals surface area contributed by atoms with Crippen molar-refractivity contribution in [3.05, 3.63) is 22.8 Å². The van der Waals surface area contributed by atoms with Crippen molar-refractivity contribution in [3.63, 3.8) is 0 Å². The highest BCUT2D eigenvalue weighted by atomic mass is 79.9. The smallest absolute Gasteiger partial charge is 0.0960 e. The minimum absolute atomic E-state index is 0.973. The van der Waals surface area contributed by atoms with Crippen LogP contribution in [0.5, 0.6) is 0 Å². The maximum atomic E-state index is 4.29. The average molecular weight is 244 g/mol. The summed E-state index contributed by atoms with van der Waals surface area (Å²) in [6, 6.07) is 4.11. The summed E-state index contributed by atoms with van der Waals surface area (Å²) in [5.41, 5.74) is 0. The molecule has 1 aromatic rings. The van der Waals surface area contributed by atoms with Crippen LogP contribution in [-0.4, -0.2) is 10.7 Å². The van der Waals surface area contributed by atoms with Crippen LogP contribution in [0.25, 0.3) is 0 Å². The number of nitrogens with zero attached hydrogens (tertiary/aromatic N) is 1. The highest BCUT2D eigenvalue weighted by Crippen LogP contribution is 2.34. The van der Waals surface area contributed by atoms with Crippen molar-refractivity contribution in [2.75, 3.05) is 5.75 Å². The van der Waals surface area contributed by atoms with Gasteiger partial charge in [-0.15, -0.1) is 11.8 Å². The van der Waals surface area contributed by atoms with Crippen LogP contribution in [0.2, 0.25) is 0 Å². The summed E-state index contributed by atoms with van der Waals surface area (Å²) in [5.74, 6) is 2.22. The van der Waals surface area contributed by atoms with Crippen molar-refractivity contribution >= 4 is 27.7 Å². The Labute approximate surface area is 85.1 Å². The molecule has 2 rings (SSSR count). The standard InChI is InChI=1S/C9H10BrNS/c10-8-3-4-9(11-5-8)12-6-7-1-2-7/h3-5,7H,1-2,6H2. The molecule has 0 spiro atoms. The molecule has 0 aromatic carbocycles. The Bertz CT molecular complexity index is 256. The summed E-state index contributed by atoms with van der Waals surface area (Å²) in [6.45, 7) is 0. The van der Waals surface area contributed by atoms with Crippen LogP contribution >= 0.6 is 27.7 Å². The van der Waals surface area contributed by atoms with Crippen LogP contribution in [-0.2, 0) is 0 Å². The fourth-order valence-corrected chi connectivity index (χ4v) is 2.20. The first kappa shape index (κ1) is 8.57. The van der Waals surface area contributed by atoms with E-state index in [1.165, 1.54) is 18.6 Å². The van der Waals surface area contributed by atoms with Crippen LogP contribution in [0.1, 0.15) is 12.8 Å². The van der Waals surface area contributed by atoms with Gasteiger partial charge < -0.3 is 0 Å². The van der Waals surface area contributed by atoms with Crippen molar-refractivity contribution in [2.24, 2.45) is 5.92 Å². The van der Waals surface area contributed by atoms with E-state index >= 15 is 0 Å². The van der Waals surface area contributed by atoms with E-state index in [2.05, 4.69) is 27.0 Å². The van der Waals surface area contributed by atoms with Gasteiger partial charge in [-0.25, -0.2) is 4.98 Å². The van der Waals surface area contributed by atoms with Gasteiger partial charge in [0.25, 0.3) is 0 Å². The largest absolute Gasteiger partial charge is 0.249 e. The summed E-state index contributed by atoms with van der Waals surface area (Å²) in [7, 11) is 0. The molecule has 1 aliphatic carbocycles. The summed E-state index contributed by atoms with van der Waals surface area (Å²) in [5, 5.41) is 1.14. The average Bonchev–Trinajstić information content (AvgIpc) is 2.87. The Balaban J connectivity index is 1.89. The van der Waals surface area contributed by atoms with Crippen LogP contribution in [0.4, 0.5) is 0 Å². The minimum Gasteiger partial charge on any atom is -0.249 e. The van der Waals surface area contributed by atoms with Gasteiger partial charge in [0.1, 0.15) is 0 Å². The lowest BCUT2D eigenvalue weighted by Gasteiger charge is -1.97. The summed E-state index contributed by atoms with van der Waals surface area (Å²) in [4.78, 5) is 4.29. The fourth-order valence-electron chi connectivity index (χ4n) is 0.935. The first-order valence-corrected chi connectivity index (χ1v) is 5.87. The molecule has 1 fully saturated rings. The second-order valence-corrected chi connectivity index (χ2v) is 5.02. The predicted molar refractivity (Wildman–Crippen MR) is 55.4 cm³/mol. The maximum Gasteiger partial charge on any atom is 0.0960 e. The number of hydrogen-bond acceptors (Lipinski definition) is 2. The molecule has 3 heteroatoms. The van der Waals surface area contributed by atoms with E-state index in [1.54, 1.807) is 0 Å².